The lowest BCUT2D eigenvalue weighted by molar-refractivity contribution is -0.122. The van der Waals surface area contributed by atoms with E-state index in [0.29, 0.717) is 41.5 Å². The van der Waals surface area contributed by atoms with Crippen molar-refractivity contribution in [2.45, 2.75) is 25.1 Å². The quantitative estimate of drug-likeness (QED) is 0.570. The number of halogens is 1. The minimum Gasteiger partial charge on any atom is -0.497 e. The molecule has 33 heavy (non-hydrogen) atoms. The Labute approximate surface area is 197 Å². The fraction of sp³-hybridized carbons (Fsp3) is 0.231. The first-order valence-corrected chi connectivity index (χ1v) is 11.2. The molecule has 2 aliphatic rings. The van der Waals surface area contributed by atoms with Gasteiger partial charge in [-0.25, -0.2) is 0 Å². The zero-order valence-electron chi connectivity index (χ0n) is 18.1. The number of para-hydroxylation sites is 2. The molecule has 1 saturated heterocycles. The fourth-order valence-electron chi connectivity index (χ4n) is 4.43. The van der Waals surface area contributed by atoms with Crippen molar-refractivity contribution < 1.29 is 19.1 Å². The van der Waals surface area contributed by atoms with Gasteiger partial charge in [-0.05, 0) is 54.1 Å². The molecule has 0 saturated carbocycles. The number of carbonyl (C=O) groups is 2. The third-order valence-corrected chi connectivity index (χ3v) is 6.37. The summed E-state index contributed by atoms with van der Waals surface area (Å²) in [7, 11) is 1.62. The molecule has 0 aromatic heterocycles. The van der Waals surface area contributed by atoms with E-state index in [9.17, 15) is 9.59 Å². The van der Waals surface area contributed by atoms with E-state index in [1.54, 1.807) is 41.2 Å². The van der Waals surface area contributed by atoms with Gasteiger partial charge in [0.1, 0.15) is 23.6 Å². The number of ether oxygens (including phenoxy) is 2. The number of hydrogen-bond acceptors (Lipinski definition) is 4. The van der Waals surface area contributed by atoms with Crippen molar-refractivity contribution in [3.05, 3.63) is 88.9 Å². The number of rotatable bonds is 4. The van der Waals surface area contributed by atoms with Crippen molar-refractivity contribution >= 4 is 29.1 Å². The van der Waals surface area contributed by atoms with Gasteiger partial charge in [-0.15, -0.1) is 0 Å². The van der Waals surface area contributed by atoms with Gasteiger partial charge in [0, 0.05) is 17.0 Å². The Balaban J connectivity index is 1.49. The molecule has 1 fully saturated rings. The molecule has 2 heterocycles. The van der Waals surface area contributed by atoms with E-state index in [4.69, 9.17) is 21.1 Å². The number of hydrogen-bond donors (Lipinski definition) is 0. The van der Waals surface area contributed by atoms with Crippen LogP contribution in [0.25, 0.3) is 0 Å². The monoisotopic (exact) mass is 462 g/mol. The predicted molar refractivity (Wildman–Crippen MR) is 126 cm³/mol. The van der Waals surface area contributed by atoms with Crippen LogP contribution >= 0.6 is 11.6 Å². The van der Waals surface area contributed by atoms with E-state index in [2.05, 4.69) is 0 Å². The molecule has 2 atom stereocenters. The van der Waals surface area contributed by atoms with Crippen molar-refractivity contribution in [3.63, 3.8) is 0 Å². The molecule has 2 bridgehead atoms. The molecule has 168 valence electrons. The average Bonchev–Trinajstić information content (AvgIpc) is 3.27. The first-order valence-electron chi connectivity index (χ1n) is 10.8. The SMILES string of the molecule is COc1ccc(CN2C(=O)[C@@H]3C[C@@H](CN3C(=O)c3ccc(Cl)cc3)Oc3ccccc32)cc1. The number of methoxy groups -OCH3 is 1. The summed E-state index contributed by atoms with van der Waals surface area (Å²) >= 11 is 5.98. The molecule has 7 heteroatoms. The summed E-state index contributed by atoms with van der Waals surface area (Å²) in [6.07, 6.45) is 0.200. The maximum atomic E-state index is 13.9. The van der Waals surface area contributed by atoms with Gasteiger partial charge in [0.05, 0.1) is 25.9 Å². The van der Waals surface area contributed by atoms with Crippen LogP contribution in [0.2, 0.25) is 5.02 Å². The maximum Gasteiger partial charge on any atom is 0.254 e. The molecule has 2 amide bonds. The van der Waals surface area contributed by atoms with Crippen LogP contribution in [0.3, 0.4) is 0 Å². The second-order valence-corrected chi connectivity index (χ2v) is 8.63. The third kappa shape index (κ3) is 4.14. The Morgan fingerprint density at radius 2 is 1.79 bits per heavy atom. The van der Waals surface area contributed by atoms with Crippen molar-refractivity contribution in [1.82, 2.24) is 4.90 Å². The van der Waals surface area contributed by atoms with Crippen LogP contribution < -0.4 is 14.4 Å². The third-order valence-electron chi connectivity index (χ3n) is 6.12. The Morgan fingerprint density at radius 1 is 1.06 bits per heavy atom. The van der Waals surface area contributed by atoms with Gasteiger partial charge in [-0.3, -0.25) is 9.59 Å². The van der Waals surface area contributed by atoms with Crippen LogP contribution in [0.1, 0.15) is 22.3 Å². The van der Waals surface area contributed by atoms with E-state index in [1.165, 1.54) is 0 Å². The molecule has 0 N–H and O–H groups in total. The van der Waals surface area contributed by atoms with Gasteiger partial charge < -0.3 is 19.3 Å². The number of likely N-dealkylation sites (tertiary alicyclic amines) is 1. The second kappa shape index (κ2) is 8.79. The second-order valence-electron chi connectivity index (χ2n) is 8.20. The standard InChI is InChI=1S/C26H23ClN2O4/c1-32-20-12-6-17(7-13-20)15-28-22-4-2-3-5-24(22)33-21-14-23(26(28)31)29(16-21)25(30)18-8-10-19(27)11-9-18/h2-13,21,23H,14-16H2,1H3/t21-,23-/m0/s1. The van der Waals surface area contributed by atoms with E-state index < -0.39 is 6.04 Å². The van der Waals surface area contributed by atoms with Gasteiger partial charge in [-0.1, -0.05) is 35.9 Å². The fourth-order valence-corrected chi connectivity index (χ4v) is 4.56. The van der Waals surface area contributed by atoms with Crippen LogP contribution in [0.5, 0.6) is 11.5 Å². The first-order chi connectivity index (χ1) is 16.0. The summed E-state index contributed by atoms with van der Waals surface area (Å²) in [6.45, 7) is 0.704. The Morgan fingerprint density at radius 3 is 2.52 bits per heavy atom. The average molecular weight is 463 g/mol. The van der Waals surface area contributed by atoms with Crippen LogP contribution in [0, 0.1) is 0 Å². The molecule has 5 rings (SSSR count). The highest BCUT2D eigenvalue weighted by atomic mass is 35.5. The van der Waals surface area contributed by atoms with Gasteiger partial charge >= 0.3 is 0 Å². The molecular formula is C26H23ClN2O4. The number of nitrogens with zero attached hydrogens (tertiary/aromatic N) is 2. The maximum absolute atomic E-state index is 13.9. The van der Waals surface area contributed by atoms with Crippen LogP contribution in [0.15, 0.2) is 72.8 Å². The lowest BCUT2D eigenvalue weighted by Gasteiger charge is -2.32. The number of benzene rings is 3. The van der Waals surface area contributed by atoms with E-state index >= 15 is 0 Å². The predicted octanol–water partition coefficient (Wildman–Crippen LogP) is 4.56. The van der Waals surface area contributed by atoms with Crippen molar-refractivity contribution in [1.29, 1.82) is 0 Å². The zero-order chi connectivity index (χ0) is 22.9. The van der Waals surface area contributed by atoms with Gasteiger partial charge in [0.2, 0.25) is 5.91 Å². The van der Waals surface area contributed by atoms with Crippen molar-refractivity contribution in [2.75, 3.05) is 18.6 Å². The molecule has 0 aliphatic carbocycles. The highest BCUT2D eigenvalue weighted by Gasteiger charge is 2.45. The van der Waals surface area contributed by atoms with Gasteiger partial charge in [0.25, 0.3) is 5.91 Å². The number of fused-ring (bicyclic) bond motifs is 3. The van der Waals surface area contributed by atoms with Crippen LogP contribution in [-0.4, -0.2) is 42.5 Å². The highest BCUT2D eigenvalue weighted by molar-refractivity contribution is 6.30. The summed E-state index contributed by atoms with van der Waals surface area (Å²) in [5, 5.41) is 0.556. The molecule has 3 aromatic rings. The van der Waals surface area contributed by atoms with Gasteiger partial charge in [-0.2, -0.15) is 0 Å². The van der Waals surface area contributed by atoms with Crippen LogP contribution in [0.4, 0.5) is 5.69 Å². The topological polar surface area (TPSA) is 59.1 Å². The van der Waals surface area contributed by atoms with Gasteiger partial charge in [0.15, 0.2) is 0 Å². The lowest BCUT2D eigenvalue weighted by atomic mass is 10.1. The molecule has 6 nitrogen and oxygen atoms in total. The molecular weight excluding hydrogens is 440 g/mol. The minimum absolute atomic E-state index is 0.119. The normalized spacial score (nSPS) is 19.4. The smallest absolute Gasteiger partial charge is 0.254 e. The van der Waals surface area contributed by atoms with Crippen molar-refractivity contribution in [2.24, 2.45) is 0 Å². The summed E-state index contributed by atoms with van der Waals surface area (Å²) in [5.74, 6) is 1.07. The van der Waals surface area contributed by atoms with E-state index in [-0.39, 0.29) is 17.9 Å². The Kier molecular flexibility index (Phi) is 5.68. The lowest BCUT2D eigenvalue weighted by Crippen LogP contribution is -2.47. The number of amides is 2. The highest BCUT2D eigenvalue weighted by Crippen LogP contribution is 2.37. The summed E-state index contributed by atoms with van der Waals surface area (Å²) in [4.78, 5) is 30.5. The van der Waals surface area contributed by atoms with E-state index in [1.807, 2.05) is 48.5 Å². The van der Waals surface area contributed by atoms with Crippen LogP contribution in [-0.2, 0) is 11.3 Å². The number of carbonyl (C=O) groups excluding carboxylic acids is 2. The van der Waals surface area contributed by atoms with Crippen molar-refractivity contribution in [3.8, 4) is 11.5 Å². The summed E-state index contributed by atoms with van der Waals surface area (Å²) in [5.41, 5.74) is 2.15. The molecule has 0 unspecified atom stereocenters. The molecule has 2 aliphatic heterocycles. The number of anilines is 1. The largest absolute Gasteiger partial charge is 0.497 e. The zero-order valence-corrected chi connectivity index (χ0v) is 18.9. The summed E-state index contributed by atoms with van der Waals surface area (Å²) < 4.78 is 11.5. The Bertz CT molecular complexity index is 1180. The Hall–Kier alpha value is -3.51. The first kappa shape index (κ1) is 21.3. The van der Waals surface area contributed by atoms with E-state index in [0.717, 1.165) is 11.3 Å². The minimum atomic E-state index is -0.607. The molecule has 0 spiro atoms. The summed E-state index contributed by atoms with van der Waals surface area (Å²) in [6, 6.07) is 21.3. The molecule has 0 radical (unpaired) electrons. The molecule has 3 aromatic carbocycles.